The van der Waals surface area contributed by atoms with Crippen molar-refractivity contribution in [3.05, 3.63) is 87.4 Å². The second kappa shape index (κ2) is 8.02. The monoisotopic (exact) mass is 447 g/mol. The van der Waals surface area contributed by atoms with Gasteiger partial charge in [0.2, 0.25) is 0 Å². The number of carbonyl (C=O) groups excluding carboxylic acids is 1. The maximum atomic E-state index is 12.5. The van der Waals surface area contributed by atoms with Gasteiger partial charge in [0.05, 0.1) is 0 Å². The van der Waals surface area contributed by atoms with Crippen molar-refractivity contribution >= 4 is 39.7 Å². The van der Waals surface area contributed by atoms with Crippen LogP contribution in [-0.4, -0.2) is 23.8 Å². The zero-order chi connectivity index (χ0) is 21.4. The zero-order valence-corrected chi connectivity index (χ0v) is 17.8. The Hall–Kier alpha value is -3.42. The van der Waals surface area contributed by atoms with E-state index in [1.54, 1.807) is 5.38 Å². The molecule has 1 aliphatic rings. The van der Waals surface area contributed by atoms with Crippen molar-refractivity contribution in [1.82, 2.24) is 0 Å². The molecule has 0 bridgehead atoms. The first-order valence-electron chi connectivity index (χ1n) is 9.63. The summed E-state index contributed by atoms with van der Waals surface area (Å²) in [7, 11) is 0. The first-order chi connectivity index (χ1) is 15.1. The Balaban J connectivity index is 1.34. The molecule has 31 heavy (non-hydrogen) atoms. The minimum absolute atomic E-state index is 0.0539. The van der Waals surface area contributed by atoms with E-state index >= 15 is 0 Å². The number of rotatable bonds is 5. The Kier molecular flexibility index (Phi) is 5.05. The summed E-state index contributed by atoms with van der Waals surface area (Å²) in [5.74, 6) is -1.14. The average molecular weight is 448 g/mol. The summed E-state index contributed by atoms with van der Waals surface area (Å²) in [6, 6.07) is 18.1. The molecule has 0 atom stereocenters. The number of carbonyl (C=O) groups is 2. The van der Waals surface area contributed by atoms with E-state index in [1.807, 2.05) is 41.1 Å². The molecule has 0 spiro atoms. The van der Waals surface area contributed by atoms with E-state index in [4.69, 9.17) is 4.74 Å². The van der Waals surface area contributed by atoms with Gasteiger partial charge in [0, 0.05) is 16.9 Å². The predicted molar refractivity (Wildman–Crippen MR) is 123 cm³/mol. The molecule has 0 aliphatic heterocycles. The largest absolute Gasteiger partial charge is 0.478 e. The first-order valence-corrected chi connectivity index (χ1v) is 11.4. The van der Waals surface area contributed by atoms with Gasteiger partial charge in [0.15, 0.2) is 0 Å². The summed E-state index contributed by atoms with van der Waals surface area (Å²) >= 11 is 2.67. The Bertz CT molecular complexity index is 1230. The maximum Gasteiger partial charge on any atom is 0.412 e. The Labute approximate surface area is 186 Å². The van der Waals surface area contributed by atoms with Crippen LogP contribution in [0.25, 0.3) is 22.3 Å². The number of hydrogen-bond acceptors (Lipinski definition) is 5. The van der Waals surface area contributed by atoms with Crippen LogP contribution in [0, 0.1) is 0 Å². The van der Waals surface area contributed by atoms with Crippen LogP contribution in [-0.2, 0) is 4.74 Å². The molecule has 1 amide bonds. The van der Waals surface area contributed by atoms with E-state index < -0.39 is 12.1 Å². The third kappa shape index (κ3) is 3.52. The minimum Gasteiger partial charge on any atom is -0.478 e. The molecular formula is C24H17NO4S2. The zero-order valence-electron chi connectivity index (χ0n) is 16.2. The molecule has 5 rings (SSSR count). The summed E-state index contributed by atoms with van der Waals surface area (Å²) in [4.78, 5) is 24.4. The molecule has 0 saturated carbocycles. The number of amides is 1. The van der Waals surface area contributed by atoms with Gasteiger partial charge in [-0.15, -0.1) is 11.3 Å². The van der Waals surface area contributed by atoms with Gasteiger partial charge in [0.25, 0.3) is 0 Å². The van der Waals surface area contributed by atoms with Crippen LogP contribution in [0.5, 0.6) is 0 Å². The van der Waals surface area contributed by atoms with Gasteiger partial charge in [-0.1, -0.05) is 48.5 Å². The average Bonchev–Trinajstić information content (AvgIpc) is 3.50. The van der Waals surface area contributed by atoms with Gasteiger partial charge in [-0.2, -0.15) is 11.3 Å². The van der Waals surface area contributed by atoms with E-state index in [9.17, 15) is 14.7 Å². The van der Waals surface area contributed by atoms with Crippen LogP contribution in [0.2, 0.25) is 0 Å². The summed E-state index contributed by atoms with van der Waals surface area (Å²) in [5.41, 5.74) is 6.04. The lowest BCUT2D eigenvalue weighted by Crippen LogP contribution is -2.18. The number of aromatic carboxylic acids is 1. The number of thiophene rings is 2. The lowest BCUT2D eigenvalue weighted by molar-refractivity contribution is 0.0699. The standard InChI is InChI=1S/C24H17NO4S2/c26-23(27)21-20(14-9-10-30-12-14)13-31-22(21)25-24(28)29-11-19-17-7-3-1-5-15(17)16-6-2-4-8-18(16)19/h1-10,12-13,19H,11H2,(H,25,28)(H,26,27). The van der Waals surface area contributed by atoms with Gasteiger partial charge in [-0.05, 0) is 44.6 Å². The van der Waals surface area contributed by atoms with Gasteiger partial charge in [-0.25, -0.2) is 9.59 Å². The fourth-order valence-corrected chi connectivity index (χ4v) is 5.62. The van der Waals surface area contributed by atoms with Crippen LogP contribution in [0.15, 0.2) is 70.7 Å². The van der Waals surface area contributed by atoms with Crippen molar-refractivity contribution in [2.75, 3.05) is 11.9 Å². The molecule has 0 saturated heterocycles. The SMILES string of the molecule is O=C(Nc1scc(-c2ccsc2)c1C(=O)O)OCC1c2ccccc2-c2ccccc21. The molecule has 1 aliphatic carbocycles. The highest BCUT2D eigenvalue weighted by molar-refractivity contribution is 7.15. The molecule has 5 nitrogen and oxygen atoms in total. The smallest absolute Gasteiger partial charge is 0.412 e. The lowest BCUT2D eigenvalue weighted by atomic mass is 9.98. The highest BCUT2D eigenvalue weighted by Crippen LogP contribution is 2.44. The number of anilines is 1. The highest BCUT2D eigenvalue weighted by Gasteiger charge is 2.29. The normalized spacial score (nSPS) is 12.3. The number of benzene rings is 2. The second-order valence-electron chi connectivity index (χ2n) is 7.12. The molecule has 0 unspecified atom stereocenters. The van der Waals surface area contributed by atoms with Crippen molar-refractivity contribution in [2.24, 2.45) is 0 Å². The Morgan fingerprint density at radius 3 is 2.23 bits per heavy atom. The van der Waals surface area contributed by atoms with E-state index in [0.717, 1.165) is 27.8 Å². The molecule has 7 heteroatoms. The molecule has 0 radical (unpaired) electrons. The molecular weight excluding hydrogens is 430 g/mol. The van der Waals surface area contributed by atoms with Crippen LogP contribution in [0.1, 0.15) is 27.4 Å². The quantitative estimate of drug-likeness (QED) is 0.364. The Morgan fingerprint density at radius 2 is 1.61 bits per heavy atom. The van der Waals surface area contributed by atoms with Gasteiger partial charge in [-0.3, -0.25) is 5.32 Å². The molecule has 2 aromatic heterocycles. The molecule has 4 aromatic rings. The van der Waals surface area contributed by atoms with Crippen LogP contribution in [0.3, 0.4) is 0 Å². The second-order valence-corrected chi connectivity index (χ2v) is 8.78. The van der Waals surface area contributed by atoms with Gasteiger partial charge >= 0.3 is 12.1 Å². The van der Waals surface area contributed by atoms with Crippen molar-refractivity contribution in [3.8, 4) is 22.3 Å². The van der Waals surface area contributed by atoms with Gasteiger partial charge in [0.1, 0.15) is 17.2 Å². The number of nitrogens with one attached hydrogen (secondary N) is 1. The highest BCUT2D eigenvalue weighted by atomic mass is 32.1. The first kappa shape index (κ1) is 19.5. The topological polar surface area (TPSA) is 75.6 Å². The minimum atomic E-state index is -1.09. The van der Waals surface area contributed by atoms with E-state index in [0.29, 0.717) is 5.56 Å². The van der Waals surface area contributed by atoms with Crippen LogP contribution >= 0.6 is 22.7 Å². The van der Waals surface area contributed by atoms with Crippen LogP contribution in [0.4, 0.5) is 9.80 Å². The molecule has 2 aromatic carbocycles. The van der Waals surface area contributed by atoms with Crippen molar-refractivity contribution in [1.29, 1.82) is 0 Å². The number of carboxylic acid groups (broad SMARTS) is 1. The summed E-state index contributed by atoms with van der Waals surface area (Å²) in [5, 5.41) is 18.1. The third-order valence-corrected chi connectivity index (χ3v) is 6.98. The van der Waals surface area contributed by atoms with E-state index in [-0.39, 0.29) is 23.1 Å². The summed E-state index contributed by atoms with van der Waals surface area (Å²) in [6.45, 7) is 0.172. The summed E-state index contributed by atoms with van der Waals surface area (Å²) in [6.07, 6.45) is -0.664. The summed E-state index contributed by atoms with van der Waals surface area (Å²) < 4.78 is 5.54. The Morgan fingerprint density at radius 1 is 0.935 bits per heavy atom. The van der Waals surface area contributed by atoms with E-state index in [2.05, 4.69) is 29.6 Å². The van der Waals surface area contributed by atoms with E-state index in [1.165, 1.54) is 22.7 Å². The predicted octanol–water partition coefficient (Wildman–Crippen LogP) is 6.54. The van der Waals surface area contributed by atoms with Crippen molar-refractivity contribution in [2.45, 2.75) is 5.92 Å². The molecule has 0 fully saturated rings. The lowest BCUT2D eigenvalue weighted by Gasteiger charge is -2.14. The number of hydrogen-bond donors (Lipinski definition) is 2. The number of fused-ring (bicyclic) bond motifs is 3. The molecule has 2 heterocycles. The number of carboxylic acids is 1. The fraction of sp³-hybridized carbons (Fsp3) is 0.0833. The third-order valence-electron chi connectivity index (χ3n) is 5.40. The number of ether oxygens (including phenoxy) is 1. The van der Waals surface area contributed by atoms with Crippen molar-refractivity contribution in [3.63, 3.8) is 0 Å². The van der Waals surface area contributed by atoms with Crippen molar-refractivity contribution < 1.29 is 19.4 Å². The molecule has 2 N–H and O–H groups in total. The molecule has 154 valence electrons. The maximum absolute atomic E-state index is 12.5. The van der Waals surface area contributed by atoms with Crippen LogP contribution < -0.4 is 5.32 Å². The fourth-order valence-electron chi connectivity index (χ4n) is 4.02. The van der Waals surface area contributed by atoms with Gasteiger partial charge < -0.3 is 9.84 Å².